The van der Waals surface area contributed by atoms with Crippen molar-refractivity contribution in [1.29, 1.82) is 0 Å². The van der Waals surface area contributed by atoms with E-state index in [0.717, 1.165) is 28.6 Å². The molecule has 154 valence electrons. The van der Waals surface area contributed by atoms with Crippen molar-refractivity contribution in [3.05, 3.63) is 71.4 Å². The Bertz CT molecular complexity index is 991. The van der Waals surface area contributed by atoms with Crippen LogP contribution in [0.25, 0.3) is 10.9 Å². The fourth-order valence-electron chi connectivity index (χ4n) is 3.39. The second-order valence-electron chi connectivity index (χ2n) is 7.77. The van der Waals surface area contributed by atoms with Crippen molar-refractivity contribution < 1.29 is 18.0 Å². The molecule has 0 radical (unpaired) electrons. The number of para-hydroxylation sites is 1. The normalized spacial score (nSPS) is 14.2. The zero-order valence-corrected chi connectivity index (χ0v) is 16.7. The van der Waals surface area contributed by atoms with Gasteiger partial charge < -0.3 is 10.3 Å². The lowest BCUT2D eigenvalue weighted by molar-refractivity contribution is -0.137. The number of alkyl halides is 3. The first-order valence-corrected chi connectivity index (χ1v) is 9.69. The third kappa shape index (κ3) is 4.81. The van der Waals surface area contributed by atoms with Gasteiger partial charge in [-0.25, -0.2) is 0 Å². The summed E-state index contributed by atoms with van der Waals surface area (Å²) in [6, 6.07) is 12.8. The van der Waals surface area contributed by atoms with Gasteiger partial charge in [-0.1, -0.05) is 50.2 Å². The van der Waals surface area contributed by atoms with E-state index >= 15 is 0 Å². The highest BCUT2D eigenvalue weighted by Crippen LogP contribution is 2.36. The van der Waals surface area contributed by atoms with E-state index in [-0.39, 0.29) is 24.3 Å². The lowest BCUT2D eigenvalue weighted by Gasteiger charge is -2.22. The Hall–Kier alpha value is -2.76. The van der Waals surface area contributed by atoms with Crippen molar-refractivity contribution in [3.63, 3.8) is 0 Å². The lowest BCUT2D eigenvalue weighted by Crippen LogP contribution is -2.36. The third-order valence-electron chi connectivity index (χ3n) is 5.39. The fourth-order valence-corrected chi connectivity index (χ4v) is 3.39. The Labute approximate surface area is 168 Å². The van der Waals surface area contributed by atoms with E-state index in [1.165, 1.54) is 6.07 Å². The molecule has 0 fully saturated rings. The standard InChI is InChI=1S/C23H25F3N2O/c1-14(2)15(3)28-22(29)12-19(16-7-6-8-17(11-16)23(24,25)26)20-13-27-21-10-5-4-9-18(20)21/h4-11,13-15,19,27H,12H2,1-3H3,(H,28,29)/t15-,19-/m0/s1. The van der Waals surface area contributed by atoms with Crippen LogP contribution in [-0.4, -0.2) is 16.9 Å². The van der Waals surface area contributed by atoms with E-state index in [1.807, 2.05) is 45.0 Å². The minimum Gasteiger partial charge on any atom is -0.361 e. The second-order valence-corrected chi connectivity index (χ2v) is 7.77. The summed E-state index contributed by atoms with van der Waals surface area (Å²) in [5, 5.41) is 3.87. The number of rotatable bonds is 6. The molecule has 0 aliphatic carbocycles. The molecule has 0 unspecified atom stereocenters. The summed E-state index contributed by atoms with van der Waals surface area (Å²) < 4.78 is 39.8. The molecule has 1 amide bonds. The van der Waals surface area contributed by atoms with Gasteiger partial charge in [0.05, 0.1) is 5.56 Å². The van der Waals surface area contributed by atoms with Crippen LogP contribution in [-0.2, 0) is 11.0 Å². The Kier molecular flexibility index (Phi) is 6.01. The molecule has 3 rings (SSSR count). The topological polar surface area (TPSA) is 44.9 Å². The SMILES string of the molecule is CC(C)[C@H](C)NC(=O)C[C@@H](c1cccc(C(F)(F)F)c1)c1c[nH]c2ccccc12. The highest BCUT2D eigenvalue weighted by molar-refractivity contribution is 5.86. The molecule has 0 saturated carbocycles. The maximum atomic E-state index is 13.3. The van der Waals surface area contributed by atoms with E-state index < -0.39 is 17.7 Å². The van der Waals surface area contributed by atoms with Crippen molar-refractivity contribution in [1.82, 2.24) is 10.3 Å². The zero-order valence-electron chi connectivity index (χ0n) is 16.7. The molecule has 0 bridgehead atoms. The molecule has 29 heavy (non-hydrogen) atoms. The zero-order chi connectivity index (χ0) is 21.2. The van der Waals surface area contributed by atoms with Gasteiger partial charge in [-0.15, -0.1) is 0 Å². The summed E-state index contributed by atoms with van der Waals surface area (Å²) in [6.07, 6.45) is -2.58. The number of benzene rings is 2. The lowest BCUT2D eigenvalue weighted by atomic mass is 9.87. The predicted octanol–water partition coefficient (Wildman–Crippen LogP) is 5.87. The van der Waals surface area contributed by atoms with Gasteiger partial charge in [0.2, 0.25) is 5.91 Å². The van der Waals surface area contributed by atoms with Crippen LogP contribution in [0.5, 0.6) is 0 Å². The number of aromatic nitrogens is 1. The van der Waals surface area contributed by atoms with Gasteiger partial charge in [-0.2, -0.15) is 13.2 Å². The van der Waals surface area contributed by atoms with E-state index in [0.29, 0.717) is 5.56 Å². The maximum Gasteiger partial charge on any atom is 0.416 e. The number of aromatic amines is 1. The van der Waals surface area contributed by atoms with Crippen LogP contribution in [0.4, 0.5) is 13.2 Å². The van der Waals surface area contributed by atoms with Gasteiger partial charge >= 0.3 is 6.18 Å². The molecule has 0 saturated heterocycles. The second kappa shape index (κ2) is 8.31. The molecule has 1 aromatic heterocycles. The van der Waals surface area contributed by atoms with Crippen LogP contribution in [0.1, 0.15) is 49.8 Å². The smallest absolute Gasteiger partial charge is 0.361 e. The molecule has 2 N–H and O–H groups in total. The quantitative estimate of drug-likeness (QED) is 0.532. The molecule has 1 heterocycles. The van der Waals surface area contributed by atoms with Gasteiger partial charge in [0, 0.05) is 35.5 Å². The first kappa shape index (κ1) is 21.0. The number of amides is 1. The van der Waals surface area contributed by atoms with Crippen LogP contribution in [0.2, 0.25) is 0 Å². The van der Waals surface area contributed by atoms with Gasteiger partial charge in [0.1, 0.15) is 0 Å². The van der Waals surface area contributed by atoms with Gasteiger partial charge in [-0.3, -0.25) is 4.79 Å². The Morgan fingerprint density at radius 1 is 1.07 bits per heavy atom. The Morgan fingerprint density at radius 2 is 1.79 bits per heavy atom. The summed E-state index contributed by atoms with van der Waals surface area (Å²) in [4.78, 5) is 15.9. The van der Waals surface area contributed by atoms with Crippen molar-refractivity contribution in [2.45, 2.75) is 45.3 Å². The molecule has 2 atom stereocenters. The number of carbonyl (C=O) groups is 1. The molecular formula is C23H25F3N2O. The minimum atomic E-state index is -4.44. The third-order valence-corrected chi connectivity index (χ3v) is 5.39. The molecular weight excluding hydrogens is 377 g/mol. The van der Waals surface area contributed by atoms with Crippen molar-refractivity contribution in [2.75, 3.05) is 0 Å². The first-order chi connectivity index (χ1) is 13.7. The van der Waals surface area contributed by atoms with Crippen molar-refractivity contribution >= 4 is 16.8 Å². The summed E-state index contributed by atoms with van der Waals surface area (Å²) in [5.41, 5.74) is 1.45. The number of fused-ring (bicyclic) bond motifs is 1. The molecule has 3 aromatic rings. The van der Waals surface area contributed by atoms with E-state index in [9.17, 15) is 18.0 Å². The molecule has 2 aromatic carbocycles. The summed E-state index contributed by atoms with van der Waals surface area (Å²) in [7, 11) is 0. The monoisotopic (exact) mass is 402 g/mol. The molecule has 0 spiro atoms. The minimum absolute atomic E-state index is 0.0207. The highest BCUT2D eigenvalue weighted by Gasteiger charge is 2.32. The predicted molar refractivity (Wildman–Crippen MR) is 109 cm³/mol. The van der Waals surface area contributed by atoms with Crippen LogP contribution < -0.4 is 5.32 Å². The Balaban J connectivity index is 2.02. The summed E-state index contributed by atoms with van der Waals surface area (Å²) >= 11 is 0. The largest absolute Gasteiger partial charge is 0.416 e. The summed E-state index contributed by atoms with van der Waals surface area (Å²) in [5.74, 6) is -0.411. The van der Waals surface area contributed by atoms with E-state index in [2.05, 4.69) is 10.3 Å². The summed E-state index contributed by atoms with van der Waals surface area (Å²) in [6.45, 7) is 5.94. The highest BCUT2D eigenvalue weighted by atomic mass is 19.4. The number of hydrogen-bond donors (Lipinski definition) is 2. The molecule has 0 aliphatic rings. The average molecular weight is 402 g/mol. The van der Waals surface area contributed by atoms with Crippen LogP contribution >= 0.6 is 0 Å². The molecule has 0 aliphatic heterocycles. The van der Waals surface area contributed by atoms with Crippen LogP contribution in [0, 0.1) is 5.92 Å². The first-order valence-electron chi connectivity index (χ1n) is 9.69. The van der Waals surface area contributed by atoms with Crippen molar-refractivity contribution in [3.8, 4) is 0 Å². The van der Waals surface area contributed by atoms with E-state index in [4.69, 9.17) is 0 Å². The Morgan fingerprint density at radius 3 is 2.48 bits per heavy atom. The van der Waals surface area contributed by atoms with Crippen LogP contribution in [0.3, 0.4) is 0 Å². The number of carbonyl (C=O) groups excluding carboxylic acids is 1. The average Bonchev–Trinajstić information content (AvgIpc) is 3.09. The number of H-pyrrole nitrogens is 1. The number of hydrogen-bond acceptors (Lipinski definition) is 1. The van der Waals surface area contributed by atoms with Crippen LogP contribution in [0.15, 0.2) is 54.7 Å². The van der Waals surface area contributed by atoms with Gasteiger partial charge in [0.15, 0.2) is 0 Å². The van der Waals surface area contributed by atoms with Gasteiger partial charge in [-0.05, 0) is 36.1 Å². The van der Waals surface area contributed by atoms with Crippen molar-refractivity contribution in [2.24, 2.45) is 5.92 Å². The fraction of sp³-hybridized carbons (Fsp3) is 0.348. The van der Waals surface area contributed by atoms with Gasteiger partial charge in [0.25, 0.3) is 0 Å². The maximum absolute atomic E-state index is 13.3. The number of halogens is 3. The molecule has 6 heteroatoms. The number of nitrogens with one attached hydrogen (secondary N) is 2. The molecule has 3 nitrogen and oxygen atoms in total. The van der Waals surface area contributed by atoms with E-state index in [1.54, 1.807) is 12.3 Å².